The summed E-state index contributed by atoms with van der Waals surface area (Å²) in [5.41, 5.74) is 1.51. The Bertz CT molecular complexity index is 532. The first kappa shape index (κ1) is 26.4. The molecule has 0 radical (unpaired) electrons. The molecule has 0 aliphatic rings. The summed E-state index contributed by atoms with van der Waals surface area (Å²) in [5, 5.41) is 0. The molecule has 158 valence electrons. The molecule has 0 bridgehead atoms. The highest BCUT2D eigenvalue weighted by molar-refractivity contribution is 7.95. The average Bonchev–Trinajstić information content (AvgIpc) is 2.64. The second kappa shape index (κ2) is 17.5. The molecule has 1 rings (SSSR count). The van der Waals surface area contributed by atoms with Gasteiger partial charge in [-0.15, -0.1) is 0 Å². The maximum absolute atomic E-state index is 9.22. The van der Waals surface area contributed by atoms with Crippen molar-refractivity contribution in [3.63, 3.8) is 0 Å². The van der Waals surface area contributed by atoms with Crippen LogP contribution in [0.15, 0.2) is 30.3 Å². The van der Waals surface area contributed by atoms with Crippen molar-refractivity contribution in [1.82, 2.24) is 0 Å². The lowest BCUT2D eigenvalue weighted by molar-refractivity contribution is 0.314. The lowest BCUT2D eigenvalue weighted by Gasteiger charge is -2.04. The zero-order valence-electron chi connectivity index (χ0n) is 17.3. The van der Waals surface area contributed by atoms with Crippen LogP contribution in [0.4, 0.5) is 0 Å². The Morgan fingerprint density at radius 3 is 1.78 bits per heavy atom. The van der Waals surface area contributed by atoms with E-state index >= 15 is 0 Å². The summed E-state index contributed by atoms with van der Waals surface area (Å²) in [7, 11) is -3.04. The van der Waals surface area contributed by atoms with Gasteiger partial charge in [0, 0.05) is 5.56 Å². The van der Waals surface area contributed by atoms with Crippen molar-refractivity contribution in [2.75, 3.05) is 19.1 Å². The quantitative estimate of drug-likeness (QED) is 0.174. The van der Waals surface area contributed by atoms with Gasteiger partial charge in [-0.05, 0) is 23.7 Å². The van der Waals surface area contributed by atoms with Crippen LogP contribution in [0, 0.1) is 0 Å². The third-order valence-corrected chi connectivity index (χ3v) is 6.53. The monoisotopic (exact) mass is 418 g/mol. The molecule has 0 saturated carbocycles. The molecule has 0 saturated heterocycles. The summed E-state index contributed by atoms with van der Waals surface area (Å²) < 4.78 is 31.0. The smallest absolute Gasteiger partial charge is 0.217 e. The Morgan fingerprint density at radius 2 is 1.33 bits per heavy atom. The van der Waals surface area contributed by atoms with E-state index in [1.165, 1.54) is 81.3 Å². The highest BCUT2D eigenvalue weighted by Crippen LogP contribution is 2.12. The zero-order valence-corrected chi connectivity index (χ0v) is 19.0. The Kier molecular flexibility index (Phi) is 17.2. The Labute approximate surface area is 170 Å². The van der Waals surface area contributed by atoms with Crippen LogP contribution in [0.1, 0.15) is 76.7 Å². The third-order valence-electron chi connectivity index (χ3n) is 4.31. The van der Waals surface area contributed by atoms with Gasteiger partial charge < -0.3 is 4.55 Å². The van der Waals surface area contributed by atoms with Gasteiger partial charge in [0.25, 0.3) is 0 Å². The number of hydrogen-bond donors (Lipinski definition) is 0. The molecule has 0 amide bonds. The lowest BCUT2D eigenvalue weighted by Crippen LogP contribution is -2.08. The van der Waals surface area contributed by atoms with Gasteiger partial charge in [-0.25, -0.2) is 8.42 Å². The summed E-state index contributed by atoms with van der Waals surface area (Å²) in [6.45, 7) is 2.29. The molecule has 1 aromatic carbocycles. The molecule has 1 unspecified atom stereocenters. The fourth-order valence-corrected chi connectivity index (χ4v) is 4.37. The van der Waals surface area contributed by atoms with Gasteiger partial charge in [-0.2, -0.15) is 0 Å². The van der Waals surface area contributed by atoms with Crippen molar-refractivity contribution in [3.05, 3.63) is 35.9 Å². The van der Waals surface area contributed by atoms with Crippen LogP contribution in [0.25, 0.3) is 0 Å². The van der Waals surface area contributed by atoms with E-state index in [0.29, 0.717) is 10.9 Å². The number of unbranched alkanes of at least 4 members (excludes halogenated alkanes) is 9. The summed E-state index contributed by atoms with van der Waals surface area (Å²) in [6, 6.07) is 11.0. The first-order chi connectivity index (χ1) is 12.9. The van der Waals surface area contributed by atoms with E-state index in [2.05, 4.69) is 47.7 Å². The minimum Gasteiger partial charge on any atom is -0.726 e. The second-order valence-electron chi connectivity index (χ2n) is 6.87. The van der Waals surface area contributed by atoms with Crippen molar-refractivity contribution < 1.29 is 17.2 Å². The topological polar surface area (TPSA) is 66.4 Å². The molecule has 6 heteroatoms. The molecule has 27 heavy (non-hydrogen) atoms. The predicted molar refractivity (Wildman–Crippen MR) is 117 cm³/mol. The fraction of sp³-hybridized carbons (Fsp3) is 0.714. The van der Waals surface area contributed by atoms with Crippen LogP contribution in [-0.2, 0) is 31.2 Å². The minimum atomic E-state index is -4.41. The maximum atomic E-state index is 9.22. The highest BCUT2D eigenvalue weighted by atomic mass is 32.3. The molecular weight excluding hydrogens is 380 g/mol. The van der Waals surface area contributed by atoms with Gasteiger partial charge >= 0.3 is 0 Å². The number of rotatable bonds is 14. The molecule has 0 fully saturated rings. The van der Waals surface area contributed by atoms with E-state index in [1.807, 2.05) is 0 Å². The third kappa shape index (κ3) is 20.0. The SMILES string of the molecule is CCCCCCCCCCCC[S+](C)Cc1ccccc1.COS(=O)(=O)[O-]. The van der Waals surface area contributed by atoms with Crippen LogP contribution in [-0.4, -0.2) is 32.1 Å². The van der Waals surface area contributed by atoms with Gasteiger partial charge in [0.1, 0.15) is 11.5 Å². The van der Waals surface area contributed by atoms with E-state index in [-0.39, 0.29) is 0 Å². The average molecular weight is 419 g/mol. The summed E-state index contributed by atoms with van der Waals surface area (Å²) in [4.78, 5) is 0. The molecule has 0 N–H and O–H groups in total. The van der Waals surface area contributed by atoms with Crippen LogP contribution in [0.3, 0.4) is 0 Å². The highest BCUT2D eigenvalue weighted by Gasteiger charge is 2.10. The van der Waals surface area contributed by atoms with Gasteiger partial charge in [0.2, 0.25) is 10.4 Å². The van der Waals surface area contributed by atoms with Crippen LogP contribution in [0.5, 0.6) is 0 Å². The van der Waals surface area contributed by atoms with Crippen molar-refractivity contribution in [2.45, 2.75) is 76.9 Å². The molecule has 4 nitrogen and oxygen atoms in total. The lowest BCUT2D eigenvalue weighted by atomic mass is 10.1. The Balaban J connectivity index is 0.000000972. The minimum absolute atomic E-state index is 0.566. The van der Waals surface area contributed by atoms with Gasteiger partial charge in [0.15, 0.2) is 0 Å². The van der Waals surface area contributed by atoms with E-state index < -0.39 is 10.4 Å². The van der Waals surface area contributed by atoms with E-state index in [4.69, 9.17) is 0 Å². The van der Waals surface area contributed by atoms with Crippen molar-refractivity contribution >= 4 is 21.3 Å². The van der Waals surface area contributed by atoms with Crippen LogP contribution >= 0.6 is 0 Å². The molecule has 0 aromatic heterocycles. The fourth-order valence-electron chi connectivity index (χ4n) is 2.77. The second-order valence-corrected chi connectivity index (χ2v) is 10.3. The van der Waals surface area contributed by atoms with E-state index in [1.54, 1.807) is 0 Å². The van der Waals surface area contributed by atoms with E-state index in [0.717, 1.165) is 7.11 Å². The first-order valence-corrected chi connectivity index (χ1v) is 13.3. The summed E-state index contributed by atoms with van der Waals surface area (Å²) >= 11 is 0. The van der Waals surface area contributed by atoms with Crippen molar-refractivity contribution in [2.24, 2.45) is 0 Å². The normalized spacial score (nSPS) is 12.3. The first-order valence-electron chi connectivity index (χ1n) is 10.0. The largest absolute Gasteiger partial charge is 0.726 e. The van der Waals surface area contributed by atoms with Crippen LogP contribution < -0.4 is 0 Å². The Morgan fingerprint density at radius 1 is 0.889 bits per heavy atom. The number of benzene rings is 1. The van der Waals surface area contributed by atoms with E-state index in [9.17, 15) is 13.0 Å². The molecule has 1 aromatic rings. The standard InChI is InChI=1S/C20H35S.CH4O4S/c1-3-4-5-6-7-8-9-10-11-15-18-21(2)19-20-16-13-12-14-17-20;1-5-6(2,3)4/h12-14,16-17H,3-11,15,18-19H2,1-2H3;1H3,(H,2,3,4)/q+1;/p-1. The van der Waals surface area contributed by atoms with Gasteiger partial charge in [0.05, 0.1) is 13.4 Å². The molecule has 0 aliphatic carbocycles. The molecule has 0 heterocycles. The molecule has 0 aliphatic heterocycles. The van der Waals surface area contributed by atoms with Crippen molar-refractivity contribution in [3.8, 4) is 0 Å². The van der Waals surface area contributed by atoms with Gasteiger partial charge in [-0.1, -0.05) is 88.6 Å². The molecule has 0 spiro atoms. The summed E-state index contributed by atoms with van der Waals surface area (Å²) in [5.74, 6) is 2.70. The maximum Gasteiger partial charge on any atom is 0.217 e. The Hall–Kier alpha value is -0.560. The van der Waals surface area contributed by atoms with Crippen molar-refractivity contribution in [1.29, 1.82) is 0 Å². The predicted octanol–water partition coefficient (Wildman–Crippen LogP) is 5.45. The zero-order chi connectivity index (χ0) is 20.4. The molecule has 1 atom stereocenters. The van der Waals surface area contributed by atoms with Crippen LogP contribution in [0.2, 0.25) is 0 Å². The molecular formula is C21H38O4S2. The summed E-state index contributed by atoms with van der Waals surface area (Å²) in [6.07, 6.45) is 16.9. The number of hydrogen-bond acceptors (Lipinski definition) is 4. The van der Waals surface area contributed by atoms with Gasteiger partial charge in [-0.3, -0.25) is 4.18 Å².